The minimum Gasteiger partial charge on any atom is -0.441 e. The van der Waals surface area contributed by atoms with Crippen molar-refractivity contribution in [3.05, 3.63) is 89.6 Å². The van der Waals surface area contributed by atoms with Crippen molar-refractivity contribution < 1.29 is 9.21 Å². The number of benzene rings is 2. The number of para-hydroxylation sites is 1. The molecule has 0 spiro atoms. The van der Waals surface area contributed by atoms with Gasteiger partial charge in [-0.3, -0.25) is 4.79 Å². The van der Waals surface area contributed by atoms with Gasteiger partial charge in [0, 0.05) is 18.3 Å². The summed E-state index contributed by atoms with van der Waals surface area (Å²) in [4.78, 5) is 16.9. The quantitative estimate of drug-likeness (QED) is 0.433. The molecular formula is C25H26N4O2. The highest BCUT2D eigenvalue weighted by Gasteiger charge is 2.14. The fraction of sp³-hybridized carbons (Fsp3) is 0.240. The Kier molecular flexibility index (Phi) is 6.26. The van der Waals surface area contributed by atoms with Crippen LogP contribution in [0.25, 0.3) is 17.1 Å². The minimum atomic E-state index is -0.0484. The summed E-state index contributed by atoms with van der Waals surface area (Å²) >= 11 is 0. The minimum absolute atomic E-state index is 0.0484. The standard InChI is InChI=1S/C25H26N4O2/c1-18-21(17-29(28-18)22-13-7-4-8-14-22)12-9-15-26-24(30)16-23-19(2)31-25(27-23)20-10-5-3-6-11-20/h3-8,10-11,13-14,17H,9,12,15-16H2,1-2H3,(H,26,30). The van der Waals surface area contributed by atoms with E-state index in [4.69, 9.17) is 4.42 Å². The molecule has 31 heavy (non-hydrogen) atoms. The molecule has 0 aliphatic heterocycles. The van der Waals surface area contributed by atoms with Crippen LogP contribution >= 0.6 is 0 Å². The lowest BCUT2D eigenvalue weighted by Crippen LogP contribution is -2.26. The smallest absolute Gasteiger partial charge is 0.226 e. The zero-order chi connectivity index (χ0) is 21.6. The first-order chi connectivity index (χ1) is 15.1. The van der Waals surface area contributed by atoms with E-state index in [-0.39, 0.29) is 12.3 Å². The first kappa shape index (κ1) is 20.6. The Labute approximate surface area is 181 Å². The van der Waals surface area contributed by atoms with Crippen molar-refractivity contribution in [1.82, 2.24) is 20.1 Å². The Hall–Kier alpha value is -3.67. The lowest BCUT2D eigenvalue weighted by molar-refractivity contribution is -0.120. The SMILES string of the molecule is Cc1nn(-c2ccccc2)cc1CCCNC(=O)Cc1nc(-c2ccccc2)oc1C. The van der Waals surface area contributed by atoms with Crippen LogP contribution in [0.3, 0.4) is 0 Å². The number of nitrogens with one attached hydrogen (secondary N) is 1. The summed E-state index contributed by atoms with van der Waals surface area (Å²) in [6.45, 7) is 4.47. The summed E-state index contributed by atoms with van der Waals surface area (Å²) in [5, 5.41) is 7.59. The van der Waals surface area contributed by atoms with Gasteiger partial charge in [0.05, 0.1) is 23.5 Å². The Morgan fingerprint density at radius 3 is 2.48 bits per heavy atom. The number of hydrogen-bond donors (Lipinski definition) is 1. The third-order valence-electron chi connectivity index (χ3n) is 5.21. The van der Waals surface area contributed by atoms with Gasteiger partial charge in [-0.25, -0.2) is 9.67 Å². The Morgan fingerprint density at radius 2 is 1.74 bits per heavy atom. The van der Waals surface area contributed by atoms with E-state index in [1.54, 1.807) is 0 Å². The molecule has 0 bridgehead atoms. The van der Waals surface area contributed by atoms with Gasteiger partial charge in [-0.1, -0.05) is 36.4 Å². The highest BCUT2D eigenvalue weighted by atomic mass is 16.4. The molecule has 6 nitrogen and oxygen atoms in total. The van der Waals surface area contributed by atoms with Gasteiger partial charge in [-0.05, 0) is 56.5 Å². The average Bonchev–Trinajstić information content (AvgIpc) is 3.35. The second-order valence-corrected chi connectivity index (χ2v) is 7.54. The Morgan fingerprint density at radius 1 is 1.03 bits per heavy atom. The lowest BCUT2D eigenvalue weighted by Gasteiger charge is -2.04. The average molecular weight is 415 g/mol. The molecule has 6 heteroatoms. The molecule has 1 amide bonds. The number of aromatic nitrogens is 3. The molecule has 0 atom stereocenters. The Balaban J connectivity index is 1.27. The van der Waals surface area contributed by atoms with E-state index in [9.17, 15) is 4.79 Å². The molecule has 4 aromatic rings. The van der Waals surface area contributed by atoms with Crippen LogP contribution in [-0.4, -0.2) is 27.2 Å². The van der Waals surface area contributed by atoms with Crippen LogP contribution in [0, 0.1) is 13.8 Å². The molecule has 2 aromatic heterocycles. The monoisotopic (exact) mass is 414 g/mol. The zero-order valence-electron chi connectivity index (χ0n) is 17.8. The molecule has 158 valence electrons. The van der Waals surface area contributed by atoms with Gasteiger partial charge in [-0.2, -0.15) is 5.10 Å². The fourth-order valence-electron chi connectivity index (χ4n) is 3.47. The summed E-state index contributed by atoms with van der Waals surface area (Å²) in [6, 6.07) is 19.8. The van der Waals surface area contributed by atoms with Crippen LogP contribution in [0.4, 0.5) is 0 Å². The maximum Gasteiger partial charge on any atom is 0.226 e. The van der Waals surface area contributed by atoms with Crippen LogP contribution in [0.5, 0.6) is 0 Å². The van der Waals surface area contributed by atoms with E-state index in [2.05, 4.69) is 21.6 Å². The fourth-order valence-corrected chi connectivity index (χ4v) is 3.47. The molecule has 0 aliphatic carbocycles. The van der Waals surface area contributed by atoms with E-state index >= 15 is 0 Å². The molecule has 0 saturated carbocycles. The molecular weight excluding hydrogens is 388 g/mol. The van der Waals surface area contributed by atoms with E-state index in [1.165, 1.54) is 5.56 Å². The summed E-state index contributed by atoms with van der Waals surface area (Å²) in [7, 11) is 0. The predicted octanol–water partition coefficient (Wildman–Crippen LogP) is 4.44. The van der Waals surface area contributed by atoms with E-state index < -0.39 is 0 Å². The van der Waals surface area contributed by atoms with Gasteiger partial charge >= 0.3 is 0 Å². The van der Waals surface area contributed by atoms with E-state index in [0.29, 0.717) is 23.9 Å². The highest BCUT2D eigenvalue weighted by Crippen LogP contribution is 2.21. The van der Waals surface area contributed by atoms with Crippen molar-refractivity contribution in [2.24, 2.45) is 0 Å². The number of amides is 1. The number of nitrogens with zero attached hydrogens (tertiary/aromatic N) is 3. The maximum atomic E-state index is 12.4. The highest BCUT2D eigenvalue weighted by molar-refractivity contribution is 5.78. The first-order valence-electron chi connectivity index (χ1n) is 10.5. The van der Waals surface area contributed by atoms with Crippen molar-refractivity contribution in [1.29, 1.82) is 0 Å². The number of hydrogen-bond acceptors (Lipinski definition) is 4. The number of carbonyl (C=O) groups is 1. The molecule has 0 unspecified atom stereocenters. The summed E-state index contributed by atoms with van der Waals surface area (Å²) in [5.74, 6) is 1.18. The third-order valence-corrected chi connectivity index (χ3v) is 5.21. The van der Waals surface area contributed by atoms with Gasteiger partial charge in [-0.15, -0.1) is 0 Å². The van der Waals surface area contributed by atoms with E-state index in [0.717, 1.165) is 29.8 Å². The lowest BCUT2D eigenvalue weighted by atomic mass is 10.1. The molecule has 2 heterocycles. The summed E-state index contributed by atoms with van der Waals surface area (Å²) < 4.78 is 7.64. The van der Waals surface area contributed by atoms with Crippen molar-refractivity contribution in [3.63, 3.8) is 0 Å². The number of oxazole rings is 1. The van der Waals surface area contributed by atoms with Crippen LogP contribution < -0.4 is 5.32 Å². The third kappa shape index (κ3) is 5.09. The van der Waals surface area contributed by atoms with Crippen molar-refractivity contribution in [2.75, 3.05) is 6.54 Å². The molecule has 4 rings (SSSR count). The number of aryl methyl sites for hydroxylation is 3. The van der Waals surface area contributed by atoms with Gasteiger partial charge in [0.2, 0.25) is 11.8 Å². The largest absolute Gasteiger partial charge is 0.441 e. The van der Waals surface area contributed by atoms with Gasteiger partial charge < -0.3 is 9.73 Å². The molecule has 0 aliphatic rings. The van der Waals surface area contributed by atoms with Gasteiger partial charge in [0.1, 0.15) is 5.76 Å². The number of carbonyl (C=O) groups excluding carboxylic acids is 1. The normalized spacial score (nSPS) is 10.9. The summed E-state index contributed by atoms with van der Waals surface area (Å²) in [5.41, 5.74) is 4.84. The van der Waals surface area contributed by atoms with Crippen molar-refractivity contribution in [3.8, 4) is 17.1 Å². The summed E-state index contributed by atoms with van der Waals surface area (Å²) in [6.07, 6.45) is 3.99. The van der Waals surface area contributed by atoms with Crippen LogP contribution in [-0.2, 0) is 17.6 Å². The molecule has 0 radical (unpaired) electrons. The van der Waals surface area contributed by atoms with Gasteiger partial charge in [0.15, 0.2) is 0 Å². The van der Waals surface area contributed by atoms with Crippen LogP contribution in [0.2, 0.25) is 0 Å². The topological polar surface area (TPSA) is 73.0 Å². The first-order valence-corrected chi connectivity index (χ1v) is 10.5. The molecule has 0 saturated heterocycles. The van der Waals surface area contributed by atoms with Crippen molar-refractivity contribution in [2.45, 2.75) is 33.1 Å². The Bertz CT molecular complexity index is 1150. The second kappa shape index (κ2) is 9.43. The predicted molar refractivity (Wildman–Crippen MR) is 120 cm³/mol. The second-order valence-electron chi connectivity index (χ2n) is 7.54. The zero-order valence-corrected chi connectivity index (χ0v) is 17.8. The van der Waals surface area contributed by atoms with Crippen LogP contribution in [0.1, 0.15) is 29.1 Å². The molecule has 0 fully saturated rings. The number of rotatable bonds is 8. The van der Waals surface area contributed by atoms with Crippen LogP contribution in [0.15, 0.2) is 71.3 Å². The van der Waals surface area contributed by atoms with Gasteiger partial charge in [0.25, 0.3) is 0 Å². The van der Waals surface area contributed by atoms with E-state index in [1.807, 2.05) is 79.2 Å². The molecule has 1 N–H and O–H groups in total. The molecule has 2 aromatic carbocycles. The van der Waals surface area contributed by atoms with Crippen molar-refractivity contribution >= 4 is 5.91 Å². The maximum absolute atomic E-state index is 12.4.